The van der Waals surface area contributed by atoms with Crippen molar-refractivity contribution in [2.24, 2.45) is 0 Å². The minimum absolute atomic E-state index is 0.0998. The average Bonchev–Trinajstić information content (AvgIpc) is 3.11. The van der Waals surface area contributed by atoms with Gasteiger partial charge in [-0.3, -0.25) is 9.10 Å². The zero-order chi connectivity index (χ0) is 19.9. The standard InChI is InChI=1S/C19H18N2O5S2/c1-2-26-18(23)11-17-20(16(22)12-27-17)9-10-21-14-7-3-5-13-6-4-8-15(19(13)14)28(21,24)25/h3-8,11H,2,9-10,12H2,1H3/b17-11-. The van der Waals surface area contributed by atoms with Gasteiger partial charge in [0.2, 0.25) is 5.91 Å². The maximum atomic E-state index is 13.0. The van der Waals surface area contributed by atoms with Gasteiger partial charge in [-0.1, -0.05) is 36.0 Å². The first-order chi connectivity index (χ1) is 13.4. The molecule has 9 heteroatoms. The van der Waals surface area contributed by atoms with Crippen LogP contribution in [0.15, 0.2) is 52.4 Å². The molecule has 1 fully saturated rings. The van der Waals surface area contributed by atoms with Crippen molar-refractivity contribution in [3.63, 3.8) is 0 Å². The van der Waals surface area contributed by atoms with Gasteiger partial charge in [-0.2, -0.15) is 0 Å². The second kappa shape index (κ2) is 7.14. The van der Waals surface area contributed by atoms with Crippen molar-refractivity contribution in [3.05, 3.63) is 47.5 Å². The number of sulfonamides is 1. The van der Waals surface area contributed by atoms with E-state index in [2.05, 4.69) is 0 Å². The molecule has 0 unspecified atom stereocenters. The van der Waals surface area contributed by atoms with Crippen molar-refractivity contribution < 1.29 is 22.7 Å². The Morgan fingerprint density at radius 2 is 1.96 bits per heavy atom. The highest BCUT2D eigenvalue weighted by atomic mass is 32.2. The third-order valence-electron chi connectivity index (χ3n) is 4.65. The van der Waals surface area contributed by atoms with Crippen LogP contribution in [0.2, 0.25) is 0 Å². The molecule has 146 valence electrons. The topological polar surface area (TPSA) is 84.0 Å². The van der Waals surface area contributed by atoms with E-state index in [-0.39, 0.29) is 36.3 Å². The maximum absolute atomic E-state index is 13.0. The first-order valence-corrected chi connectivity index (χ1v) is 11.2. The first kappa shape index (κ1) is 18.8. The highest BCUT2D eigenvalue weighted by Crippen LogP contribution is 2.42. The largest absolute Gasteiger partial charge is 0.463 e. The number of carbonyl (C=O) groups is 2. The zero-order valence-electron chi connectivity index (χ0n) is 15.1. The number of amides is 1. The number of hydrogen-bond acceptors (Lipinski definition) is 6. The Balaban J connectivity index is 1.61. The van der Waals surface area contributed by atoms with Crippen molar-refractivity contribution in [2.45, 2.75) is 11.8 Å². The highest BCUT2D eigenvalue weighted by molar-refractivity contribution is 8.04. The summed E-state index contributed by atoms with van der Waals surface area (Å²) in [6, 6.07) is 10.7. The van der Waals surface area contributed by atoms with Gasteiger partial charge in [-0.25, -0.2) is 13.2 Å². The number of ether oxygens (including phenoxy) is 1. The maximum Gasteiger partial charge on any atom is 0.333 e. The molecule has 4 rings (SSSR count). The van der Waals surface area contributed by atoms with E-state index in [4.69, 9.17) is 4.74 Å². The highest BCUT2D eigenvalue weighted by Gasteiger charge is 2.36. The number of anilines is 1. The number of hydrogen-bond donors (Lipinski definition) is 0. The third-order valence-corrected chi connectivity index (χ3v) is 7.53. The van der Waals surface area contributed by atoms with E-state index in [1.807, 2.05) is 18.2 Å². The van der Waals surface area contributed by atoms with Gasteiger partial charge in [0.15, 0.2) is 0 Å². The smallest absolute Gasteiger partial charge is 0.333 e. The Bertz CT molecular complexity index is 1110. The van der Waals surface area contributed by atoms with Gasteiger partial charge in [0.1, 0.15) is 0 Å². The van der Waals surface area contributed by atoms with Gasteiger partial charge in [-0.05, 0) is 24.4 Å². The predicted octanol–water partition coefficient (Wildman–Crippen LogP) is 2.33. The van der Waals surface area contributed by atoms with Gasteiger partial charge in [-0.15, -0.1) is 0 Å². The van der Waals surface area contributed by atoms with E-state index in [9.17, 15) is 18.0 Å². The minimum atomic E-state index is -3.68. The van der Waals surface area contributed by atoms with Crippen LogP contribution >= 0.6 is 11.8 Å². The third kappa shape index (κ3) is 3.04. The van der Waals surface area contributed by atoms with Crippen molar-refractivity contribution in [1.82, 2.24) is 4.90 Å². The lowest BCUT2D eigenvalue weighted by Gasteiger charge is -2.23. The summed E-state index contributed by atoms with van der Waals surface area (Å²) in [4.78, 5) is 25.7. The number of rotatable bonds is 5. The van der Waals surface area contributed by atoms with Crippen molar-refractivity contribution in [3.8, 4) is 0 Å². The van der Waals surface area contributed by atoms with Gasteiger partial charge in [0.25, 0.3) is 10.0 Å². The number of benzene rings is 2. The van der Waals surface area contributed by atoms with Crippen molar-refractivity contribution in [1.29, 1.82) is 0 Å². The van der Waals surface area contributed by atoms with Gasteiger partial charge in [0.05, 0.1) is 40.6 Å². The molecule has 0 radical (unpaired) electrons. The van der Waals surface area contributed by atoms with Crippen LogP contribution in [0.3, 0.4) is 0 Å². The van der Waals surface area contributed by atoms with Crippen LogP contribution in [-0.4, -0.2) is 50.6 Å². The molecule has 7 nitrogen and oxygen atoms in total. The monoisotopic (exact) mass is 418 g/mol. The Morgan fingerprint density at radius 1 is 1.21 bits per heavy atom. The molecule has 0 spiro atoms. The number of esters is 1. The van der Waals surface area contributed by atoms with E-state index in [1.54, 1.807) is 25.1 Å². The van der Waals surface area contributed by atoms with Crippen LogP contribution in [0.5, 0.6) is 0 Å². The molecule has 2 aromatic carbocycles. The molecule has 0 N–H and O–H groups in total. The Kier molecular flexibility index (Phi) is 4.80. The summed E-state index contributed by atoms with van der Waals surface area (Å²) < 4.78 is 32.3. The van der Waals surface area contributed by atoms with E-state index in [0.717, 1.165) is 5.39 Å². The van der Waals surface area contributed by atoms with Crippen LogP contribution in [0.25, 0.3) is 10.8 Å². The summed E-state index contributed by atoms with van der Waals surface area (Å²) in [5.74, 6) is -0.461. The van der Waals surface area contributed by atoms with Crippen LogP contribution in [0.4, 0.5) is 5.69 Å². The van der Waals surface area contributed by atoms with Crippen molar-refractivity contribution in [2.75, 3.05) is 29.8 Å². The minimum Gasteiger partial charge on any atom is -0.463 e. The van der Waals surface area contributed by atoms with Crippen LogP contribution < -0.4 is 4.31 Å². The molecule has 0 aromatic heterocycles. The van der Waals surface area contributed by atoms with Crippen molar-refractivity contribution >= 4 is 50.1 Å². The van der Waals surface area contributed by atoms with Gasteiger partial charge < -0.3 is 9.64 Å². The normalized spacial score (nSPS) is 19.0. The summed E-state index contributed by atoms with van der Waals surface area (Å²) in [6.07, 6.45) is 1.28. The lowest BCUT2D eigenvalue weighted by atomic mass is 10.1. The SMILES string of the molecule is CCOC(=O)/C=C1\SCC(=O)N1CCN1c2cccc3cccc(c23)S1(=O)=O. The molecule has 0 saturated carbocycles. The molecular weight excluding hydrogens is 400 g/mol. The van der Waals surface area contributed by atoms with E-state index < -0.39 is 16.0 Å². The molecular formula is C19H18N2O5S2. The van der Waals surface area contributed by atoms with E-state index >= 15 is 0 Å². The Morgan fingerprint density at radius 3 is 2.71 bits per heavy atom. The molecule has 2 aliphatic heterocycles. The Labute approximate surface area is 167 Å². The number of carbonyl (C=O) groups excluding carboxylic acids is 2. The fraction of sp³-hybridized carbons (Fsp3) is 0.263. The molecule has 28 heavy (non-hydrogen) atoms. The summed E-state index contributed by atoms with van der Waals surface area (Å²) in [7, 11) is -3.68. The molecule has 0 aliphatic carbocycles. The van der Waals surface area contributed by atoms with Crippen LogP contribution in [-0.2, 0) is 24.3 Å². The van der Waals surface area contributed by atoms with Crippen LogP contribution in [0, 0.1) is 0 Å². The second-order valence-corrected chi connectivity index (χ2v) is 9.10. The summed E-state index contributed by atoms with van der Waals surface area (Å²) >= 11 is 1.25. The van der Waals surface area contributed by atoms with E-state index in [1.165, 1.54) is 27.0 Å². The summed E-state index contributed by atoms with van der Waals surface area (Å²) in [5, 5.41) is 2.04. The predicted molar refractivity (Wildman–Crippen MR) is 107 cm³/mol. The lowest BCUT2D eigenvalue weighted by molar-refractivity contribution is -0.137. The summed E-state index contributed by atoms with van der Waals surface area (Å²) in [5.41, 5.74) is 0.614. The fourth-order valence-electron chi connectivity index (χ4n) is 3.44. The molecule has 2 heterocycles. The second-order valence-electron chi connectivity index (χ2n) is 6.28. The summed E-state index contributed by atoms with van der Waals surface area (Å²) in [6.45, 7) is 2.20. The molecule has 2 aromatic rings. The van der Waals surface area contributed by atoms with Crippen LogP contribution in [0.1, 0.15) is 6.92 Å². The fourth-order valence-corrected chi connectivity index (χ4v) is 6.10. The van der Waals surface area contributed by atoms with Gasteiger partial charge in [0, 0.05) is 11.9 Å². The van der Waals surface area contributed by atoms with Gasteiger partial charge >= 0.3 is 5.97 Å². The van der Waals surface area contributed by atoms with E-state index in [0.29, 0.717) is 16.1 Å². The molecule has 0 bridgehead atoms. The first-order valence-electron chi connectivity index (χ1n) is 8.79. The quantitative estimate of drug-likeness (QED) is 0.547. The lowest BCUT2D eigenvalue weighted by Crippen LogP contribution is -2.37. The molecule has 1 saturated heterocycles. The number of nitrogens with zero attached hydrogens (tertiary/aromatic N) is 2. The average molecular weight is 418 g/mol. The molecule has 1 amide bonds. The number of thioether (sulfide) groups is 1. The Hall–Kier alpha value is -2.52. The molecule has 0 atom stereocenters. The zero-order valence-corrected chi connectivity index (χ0v) is 16.8. The molecule has 2 aliphatic rings.